The van der Waals surface area contributed by atoms with Crippen molar-refractivity contribution in [3.05, 3.63) is 23.6 Å². The molecule has 5 nitrogen and oxygen atoms in total. The number of aromatic nitrogens is 3. The summed E-state index contributed by atoms with van der Waals surface area (Å²) < 4.78 is 6.65. The van der Waals surface area contributed by atoms with Gasteiger partial charge in [0.15, 0.2) is 19.3 Å². The average molecular weight is 393 g/mol. The number of nitrogens with one attached hydrogen (secondary N) is 1. The lowest BCUT2D eigenvalue weighted by molar-refractivity contribution is 0.132. The molecule has 1 aliphatic carbocycles. The summed E-state index contributed by atoms with van der Waals surface area (Å²) in [5.74, 6) is 0.760. The summed E-state index contributed by atoms with van der Waals surface area (Å²) in [7, 11) is -1.75. The molecule has 1 N–H and O–H groups in total. The largest absolute Gasteiger partial charge is 0.414 e. The zero-order chi connectivity index (χ0) is 18.9. The van der Waals surface area contributed by atoms with Crippen molar-refractivity contribution in [2.75, 3.05) is 5.32 Å². The first-order valence-corrected chi connectivity index (χ1v) is 12.7. The van der Waals surface area contributed by atoms with Gasteiger partial charge in [0.2, 0.25) is 0 Å². The molecule has 2 atom stereocenters. The van der Waals surface area contributed by atoms with E-state index in [0.717, 1.165) is 42.3 Å². The quantitative estimate of drug-likeness (QED) is 0.703. The van der Waals surface area contributed by atoms with Gasteiger partial charge in [-0.05, 0) is 49.9 Å². The zero-order valence-corrected chi connectivity index (χ0v) is 18.1. The van der Waals surface area contributed by atoms with Crippen molar-refractivity contribution >= 4 is 36.5 Å². The molecule has 1 saturated carbocycles. The summed E-state index contributed by atoms with van der Waals surface area (Å²) in [6.45, 7) is 11.5. The molecule has 0 unspecified atom stereocenters. The first-order chi connectivity index (χ1) is 12.2. The topological polar surface area (TPSA) is 59.9 Å². The molecule has 142 valence electrons. The molecule has 0 bridgehead atoms. The molecule has 2 heterocycles. The molecule has 1 fully saturated rings. The Morgan fingerprint density at radius 3 is 2.69 bits per heavy atom. The van der Waals surface area contributed by atoms with Gasteiger partial charge in [0.05, 0.1) is 0 Å². The molecule has 7 heteroatoms. The van der Waals surface area contributed by atoms with Gasteiger partial charge >= 0.3 is 0 Å². The molecule has 26 heavy (non-hydrogen) atoms. The highest BCUT2D eigenvalue weighted by Crippen LogP contribution is 2.39. The minimum Gasteiger partial charge on any atom is -0.414 e. The lowest BCUT2D eigenvalue weighted by Crippen LogP contribution is -2.46. The Hall–Kier alpha value is -1.24. The van der Waals surface area contributed by atoms with Crippen molar-refractivity contribution in [1.29, 1.82) is 0 Å². The molecule has 0 amide bonds. The maximum atomic E-state index is 6.65. The number of anilines is 1. The molecule has 0 aliphatic heterocycles. The monoisotopic (exact) mass is 392 g/mol. The molecular formula is C19H29ClN4OSi. The summed E-state index contributed by atoms with van der Waals surface area (Å²) in [6, 6.07) is 2.21. The van der Waals surface area contributed by atoms with Crippen LogP contribution in [0.15, 0.2) is 18.5 Å². The van der Waals surface area contributed by atoms with E-state index in [0.29, 0.717) is 17.3 Å². The normalized spacial score (nSPS) is 21.8. The van der Waals surface area contributed by atoms with Crippen LogP contribution in [0.2, 0.25) is 23.3 Å². The average Bonchev–Trinajstić information content (AvgIpc) is 2.57. The van der Waals surface area contributed by atoms with E-state index in [1.54, 1.807) is 12.4 Å². The van der Waals surface area contributed by atoms with E-state index >= 15 is 0 Å². The fourth-order valence-corrected chi connectivity index (χ4v) is 4.84. The van der Waals surface area contributed by atoms with Crippen LogP contribution in [0.25, 0.3) is 10.8 Å². The van der Waals surface area contributed by atoms with Crippen molar-refractivity contribution in [3.63, 3.8) is 0 Å². The Morgan fingerprint density at radius 2 is 1.96 bits per heavy atom. The van der Waals surface area contributed by atoms with Crippen LogP contribution < -0.4 is 5.32 Å². The number of halogens is 1. The molecule has 0 radical (unpaired) electrons. The van der Waals surface area contributed by atoms with E-state index < -0.39 is 8.32 Å². The minimum atomic E-state index is -1.75. The predicted octanol–water partition coefficient (Wildman–Crippen LogP) is 5.42. The van der Waals surface area contributed by atoms with Gasteiger partial charge in [0.25, 0.3) is 0 Å². The van der Waals surface area contributed by atoms with Crippen LogP contribution in [-0.4, -0.2) is 35.6 Å². The smallest absolute Gasteiger partial charge is 0.192 e. The molecule has 0 saturated heterocycles. The first kappa shape index (κ1) is 19.5. The lowest BCUT2D eigenvalue weighted by Gasteiger charge is -2.41. The number of fused-ring (bicyclic) bond motifs is 1. The van der Waals surface area contributed by atoms with Gasteiger partial charge in [-0.2, -0.15) is 0 Å². The molecule has 2 aromatic rings. The van der Waals surface area contributed by atoms with E-state index in [1.165, 1.54) is 0 Å². The van der Waals surface area contributed by atoms with E-state index in [1.807, 2.05) is 6.07 Å². The van der Waals surface area contributed by atoms with Crippen molar-refractivity contribution in [2.45, 2.75) is 76.7 Å². The second-order valence-electron chi connectivity index (χ2n) is 8.77. The fraction of sp³-hybridized carbons (Fsp3) is 0.632. The third-order valence-corrected chi connectivity index (χ3v) is 10.6. The van der Waals surface area contributed by atoms with Gasteiger partial charge < -0.3 is 9.74 Å². The SMILES string of the molecule is CC(C)(C)[Si](C)(C)O[C@H]1CCC[C@@H](Nc2nnc(Cl)c3ccncc23)C1. The summed E-state index contributed by atoms with van der Waals surface area (Å²) in [4.78, 5) is 4.21. The maximum Gasteiger partial charge on any atom is 0.192 e. The number of hydrogen-bond donors (Lipinski definition) is 1. The van der Waals surface area contributed by atoms with E-state index in [-0.39, 0.29) is 5.04 Å². The van der Waals surface area contributed by atoms with Gasteiger partial charge in [-0.25, -0.2) is 0 Å². The fourth-order valence-electron chi connectivity index (χ4n) is 3.24. The minimum absolute atomic E-state index is 0.233. The van der Waals surface area contributed by atoms with Gasteiger partial charge in [-0.1, -0.05) is 32.4 Å². The third kappa shape index (κ3) is 4.18. The molecule has 3 rings (SSSR count). The number of rotatable bonds is 4. The van der Waals surface area contributed by atoms with Crippen molar-refractivity contribution in [1.82, 2.24) is 15.2 Å². The van der Waals surface area contributed by atoms with Crippen LogP contribution in [0, 0.1) is 0 Å². The zero-order valence-electron chi connectivity index (χ0n) is 16.3. The van der Waals surface area contributed by atoms with Crippen LogP contribution in [-0.2, 0) is 4.43 Å². The van der Waals surface area contributed by atoms with Crippen LogP contribution in [0.3, 0.4) is 0 Å². The summed E-state index contributed by atoms with van der Waals surface area (Å²) >= 11 is 6.17. The summed E-state index contributed by atoms with van der Waals surface area (Å²) in [5.41, 5.74) is 0. The van der Waals surface area contributed by atoms with E-state index in [4.69, 9.17) is 16.0 Å². The standard InChI is InChI=1S/C19H29ClN4OSi/c1-19(2,3)26(4,5)25-14-8-6-7-13(11-14)22-18-16-12-21-10-9-15(16)17(20)23-24-18/h9-10,12-14H,6-8,11H2,1-5H3,(H,22,24)/t13-,14+/m1/s1. The Labute approximate surface area is 162 Å². The molecule has 1 aliphatic rings. The summed E-state index contributed by atoms with van der Waals surface area (Å²) in [6.07, 6.45) is 8.25. The van der Waals surface area contributed by atoms with Crippen LogP contribution in [0.4, 0.5) is 5.82 Å². The van der Waals surface area contributed by atoms with Gasteiger partial charge in [0, 0.05) is 35.3 Å². The van der Waals surface area contributed by atoms with E-state index in [9.17, 15) is 0 Å². The van der Waals surface area contributed by atoms with Crippen LogP contribution in [0.1, 0.15) is 46.5 Å². The highest BCUT2D eigenvalue weighted by atomic mass is 35.5. The maximum absolute atomic E-state index is 6.65. The Morgan fingerprint density at radius 1 is 1.19 bits per heavy atom. The third-order valence-electron chi connectivity index (χ3n) is 5.77. The highest BCUT2D eigenvalue weighted by Gasteiger charge is 2.40. The van der Waals surface area contributed by atoms with Gasteiger partial charge in [-0.15, -0.1) is 10.2 Å². The van der Waals surface area contributed by atoms with E-state index in [2.05, 4.69) is 54.4 Å². The van der Waals surface area contributed by atoms with Crippen molar-refractivity contribution < 1.29 is 4.43 Å². The second-order valence-corrected chi connectivity index (χ2v) is 13.9. The Bertz CT molecular complexity index is 778. The van der Waals surface area contributed by atoms with Crippen LogP contribution in [0.5, 0.6) is 0 Å². The van der Waals surface area contributed by atoms with Crippen LogP contribution >= 0.6 is 11.6 Å². The highest BCUT2D eigenvalue weighted by molar-refractivity contribution is 6.74. The predicted molar refractivity (Wildman–Crippen MR) is 110 cm³/mol. The number of hydrogen-bond acceptors (Lipinski definition) is 5. The molecule has 0 spiro atoms. The first-order valence-electron chi connectivity index (χ1n) is 9.37. The molecular weight excluding hydrogens is 364 g/mol. The second kappa shape index (κ2) is 7.41. The Kier molecular flexibility index (Phi) is 5.56. The molecule has 0 aromatic carbocycles. The van der Waals surface area contributed by atoms with Gasteiger partial charge in [-0.3, -0.25) is 4.98 Å². The number of nitrogens with zero attached hydrogens (tertiary/aromatic N) is 3. The van der Waals surface area contributed by atoms with Crippen molar-refractivity contribution in [3.8, 4) is 0 Å². The van der Waals surface area contributed by atoms with Crippen molar-refractivity contribution in [2.24, 2.45) is 0 Å². The Balaban J connectivity index is 1.73. The van der Waals surface area contributed by atoms with Gasteiger partial charge in [0.1, 0.15) is 0 Å². The lowest BCUT2D eigenvalue weighted by atomic mass is 9.93. The molecule has 2 aromatic heterocycles. The summed E-state index contributed by atoms with van der Waals surface area (Å²) in [5, 5.41) is 14.4. The number of pyridine rings is 1.